The van der Waals surface area contributed by atoms with Gasteiger partial charge in [0.2, 0.25) is 10.0 Å². The lowest BCUT2D eigenvalue weighted by Crippen LogP contribution is -2.33. The standard InChI is InChI=1S/C23H20N4O4S2/c1-14-7-10-17(33(30,31)26-16-8-9-16)11-18(14)21(28)25-27-13-24-22-20(23(27)29)19(12-32-22)15-5-3-2-4-6-15/h2-7,10-13,16,26H,8-9H2,1H3,(H,25,28). The quantitative estimate of drug-likeness (QED) is 0.440. The van der Waals surface area contributed by atoms with Crippen LogP contribution >= 0.6 is 11.3 Å². The number of carbonyl (C=O) groups excluding carboxylic acids is 1. The number of rotatable bonds is 6. The molecule has 2 heterocycles. The fraction of sp³-hybridized carbons (Fsp3) is 0.174. The maximum Gasteiger partial charge on any atom is 0.281 e. The molecule has 0 aliphatic heterocycles. The Kier molecular flexibility index (Phi) is 5.35. The molecule has 10 heteroatoms. The van der Waals surface area contributed by atoms with Gasteiger partial charge in [-0.25, -0.2) is 22.8 Å². The number of aromatic nitrogens is 2. The van der Waals surface area contributed by atoms with Gasteiger partial charge in [-0.2, -0.15) is 0 Å². The molecule has 0 atom stereocenters. The Bertz CT molecular complexity index is 1540. The van der Waals surface area contributed by atoms with Gasteiger partial charge in [-0.1, -0.05) is 36.4 Å². The second-order valence-corrected chi connectivity index (χ2v) is 10.5. The Morgan fingerprint density at radius 2 is 1.91 bits per heavy atom. The van der Waals surface area contributed by atoms with Gasteiger partial charge in [0.15, 0.2) is 0 Å². The average molecular weight is 481 g/mol. The van der Waals surface area contributed by atoms with Crippen molar-refractivity contribution < 1.29 is 13.2 Å². The lowest BCUT2D eigenvalue weighted by Gasteiger charge is -2.12. The summed E-state index contributed by atoms with van der Waals surface area (Å²) in [7, 11) is -3.72. The van der Waals surface area contributed by atoms with Crippen LogP contribution < -0.4 is 15.7 Å². The Morgan fingerprint density at radius 1 is 1.15 bits per heavy atom. The molecule has 2 aromatic heterocycles. The van der Waals surface area contributed by atoms with Crippen molar-refractivity contribution in [3.8, 4) is 11.1 Å². The minimum Gasteiger partial charge on any atom is -0.267 e. The van der Waals surface area contributed by atoms with Gasteiger partial charge in [-0.3, -0.25) is 15.0 Å². The molecule has 1 aliphatic rings. The molecule has 0 bridgehead atoms. The zero-order valence-electron chi connectivity index (χ0n) is 17.6. The maximum atomic E-state index is 13.2. The summed E-state index contributed by atoms with van der Waals surface area (Å²) >= 11 is 1.35. The summed E-state index contributed by atoms with van der Waals surface area (Å²) in [4.78, 5) is 31.1. The highest BCUT2D eigenvalue weighted by Crippen LogP contribution is 2.30. The van der Waals surface area contributed by atoms with E-state index in [1.807, 2.05) is 35.7 Å². The molecule has 0 spiro atoms. The van der Waals surface area contributed by atoms with Crippen molar-refractivity contribution in [3.05, 3.63) is 81.7 Å². The summed E-state index contributed by atoms with van der Waals surface area (Å²) in [5, 5.41) is 2.28. The minimum absolute atomic E-state index is 0.00951. The number of nitrogens with zero attached hydrogens (tertiary/aromatic N) is 2. The van der Waals surface area contributed by atoms with Crippen LogP contribution in [0.1, 0.15) is 28.8 Å². The smallest absolute Gasteiger partial charge is 0.267 e. The van der Waals surface area contributed by atoms with Gasteiger partial charge in [0, 0.05) is 22.5 Å². The van der Waals surface area contributed by atoms with Gasteiger partial charge in [0.1, 0.15) is 11.2 Å². The van der Waals surface area contributed by atoms with Gasteiger partial charge in [0.25, 0.3) is 11.5 Å². The first kappa shape index (κ1) is 21.5. The van der Waals surface area contributed by atoms with E-state index in [1.54, 1.807) is 13.0 Å². The van der Waals surface area contributed by atoms with Gasteiger partial charge < -0.3 is 0 Å². The minimum atomic E-state index is -3.72. The molecule has 2 aromatic carbocycles. The third-order valence-corrected chi connectivity index (χ3v) is 7.87. The molecule has 0 saturated heterocycles. The van der Waals surface area contributed by atoms with Crippen LogP contribution in [-0.2, 0) is 10.0 Å². The Balaban J connectivity index is 1.49. The maximum absolute atomic E-state index is 13.2. The zero-order valence-corrected chi connectivity index (χ0v) is 19.2. The van der Waals surface area contributed by atoms with Crippen molar-refractivity contribution in [2.24, 2.45) is 0 Å². The second kappa shape index (κ2) is 8.22. The Morgan fingerprint density at radius 3 is 2.64 bits per heavy atom. The number of hydrogen-bond donors (Lipinski definition) is 2. The average Bonchev–Trinajstić information content (AvgIpc) is 3.49. The summed E-state index contributed by atoms with van der Waals surface area (Å²) in [6.07, 6.45) is 2.88. The molecule has 0 radical (unpaired) electrons. The first-order valence-electron chi connectivity index (χ1n) is 10.3. The number of fused-ring (bicyclic) bond motifs is 1. The molecular formula is C23H20N4O4S2. The van der Waals surface area contributed by atoms with Crippen LogP contribution in [0.3, 0.4) is 0 Å². The lowest BCUT2D eigenvalue weighted by molar-refractivity contribution is 0.101. The van der Waals surface area contributed by atoms with Crippen LogP contribution in [-0.4, -0.2) is 30.0 Å². The molecule has 0 unspecified atom stereocenters. The van der Waals surface area contributed by atoms with E-state index in [0.717, 1.165) is 28.6 Å². The van der Waals surface area contributed by atoms with Gasteiger partial charge in [0.05, 0.1) is 10.3 Å². The van der Waals surface area contributed by atoms with E-state index in [4.69, 9.17) is 0 Å². The topological polar surface area (TPSA) is 110 Å². The van der Waals surface area contributed by atoms with E-state index in [1.165, 1.54) is 29.8 Å². The number of benzene rings is 2. The Labute approximate surface area is 193 Å². The predicted octanol–water partition coefficient (Wildman–Crippen LogP) is 3.26. The van der Waals surface area contributed by atoms with E-state index in [9.17, 15) is 18.0 Å². The predicted molar refractivity (Wildman–Crippen MR) is 128 cm³/mol. The normalized spacial score (nSPS) is 13.8. The molecule has 8 nitrogen and oxygen atoms in total. The molecule has 2 N–H and O–H groups in total. The molecule has 1 saturated carbocycles. The first-order valence-corrected chi connectivity index (χ1v) is 12.7. The van der Waals surface area contributed by atoms with E-state index < -0.39 is 21.5 Å². The highest BCUT2D eigenvalue weighted by atomic mass is 32.2. The van der Waals surface area contributed by atoms with Crippen molar-refractivity contribution in [1.82, 2.24) is 14.4 Å². The molecule has 1 amide bonds. The summed E-state index contributed by atoms with van der Waals surface area (Å²) in [5.41, 5.74) is 4.51. The monoisotopic (exact) mass is 480 g/mol. The van der Waals surface area contributed by atoms with Crippen molar-refractivity contribution in [2.75, 3.05) is 5.43 Å². The molecule has 4 aromatic rings. The van der Waals surface area contributed by atoms with Gasteiger partial charge >= 0.3 is 0 Å². The van der Waals surface area contributed by atoms with Crippen LogP contribution in [0, 0.1) is 6.92 Å². The van der Waals surface area contributed by atoms with Crippen LogP contribution in [0.4, 0.5) is 0 Å². The van der Waals surface area contributed by atoms with Crippen molar-refractivity contribution in [1.29, 1.82) is 0 Å². The van der Waals surface area contributed by atoms with Crippen LogP contribution in [0.25, 0.3) is 21.3 Å². The number of nitrogens with one attached hydrogen (secondary N) is 2. The van der Waals surface area contributed by atoms with E-state index in [0.29, 0.717) is 15.8 Å². The SMILES string of the molecule is Cc1ccc(S(=O)(=O)NC2CC2)cc1C(=O)Nn1cnc2scc(-c3ccccc3)c2c1=O. The highest BCUT2D eigenvalue weighted by Gasteiger charge is 2.28. The summed E-state index contributed by atoms with van der Waals surface area (Å²) in [6.45, 7) is 1.70. The fourth-order valence-corrected chi connectivity index (χ4v) is 5.75. The van der Waals surface area contributed by atoms with E-state index in [2.05, 4.69) is 15.1 Å². The molecule has 1 fully saturated rings. The number of aryl methyl sites for hydroxylation is 1. The zero-order chi connectivity index (χ0) is 23.2. The second-order valence-electron chi connectivity index (χ2n) is 7.93. The molecule has 168 valence electrons. The van der Waals surface area contributed by atoms with Gasteiger partial charge in [-0.05, 0) is 43.0 Å². The van der Waals surface area contributed by atoms with E-state index >= 15 is 0 Å². The van der Waals surface area contributed by atoms with Gasteiger partial charge in [-0.15, -0.1) is 11.3 Å². The number of sulfonamides is 1. The highest BCUT2D eigenvalue weighted by molar-refractivity contribution is 7.89. The summed E-state index contributed by atoms with van der Waals surface area (Å²) in [6, 6.07) is 13.8. The number of carbonyl (C=O) groups is 1. The fourth-order valence-electron chi connectivity index (χ4n) is 3.51. The van der Waals surface area contributed by atoms with Crippen molar-refractivity contribution >= 4 is 37.5 Å². The molecule has 33 heavy (non-hydrogen) atoms. The molecule has 1 aliphatic carbocycles. The molecule has 5 rings (SSSR count). The van der Waals surface area contributed by atoms with Crippen molar-refractivity contribution in [3.63, 3.8) is 0 Å². The van der Waals surface area contributed by atoms with Crippen LogP contribution in [0.5, 0.6) is 0 Å². The van der Waals surface area contributed by atoms with E-state index in [-0.39, 0.29) is 16.5 Å². The first-order chi connectivity index (χ1) is 15.8. The number of thiophene rings is 1. The lowest BCUT2D eigenvalue weighted by atomic mass is 10.1. The van der Waals surface area contributed by atoms with Crippen LogP contribution in [0.15, 0.2) is 69.9 Å². The van der Waals surface area contributed by atoms with Crippen molar-refractivity contribution in [2.45, 2.75) is 30.7 Å². The third kappa shape index (κ3) is 4.20. The summed E-state index contributed by atoms with van der Waals surface area (Å²) < 4.78 is 28.8. The largest absolute Gasteiger partial charge is 0.281 e. The Hall–Kier alpha value is -3.34. The number of hydrogen-bond acceptors (Lipinski definition) is 6. The third-order valence-electron chi connectivity index (χ3n) is 5.46. The van der Waals surface area contributed by atoms with Crippen LogP contribution in [0.2, 0.25) is 0 Å². The number of amides is 1. The molecular weight excluding hydrogens is 460 g/mol. The summed E-state index contributed by atoms with van der Waals surface area (Å²) in [5.74, 6) is -0.601.